The van der Waals surface area contributed by atoms with Crippen LogP contribution in [0, 0.1) is 0 Å². The van der Waals surface area contributed by atoms with E-state index >= 15 is 0 Å². The molecule has 0 unspecified atom stereocenters. The van der Waals surface area contributed by atoms with Crippen LogP contribution in [0.15, 0.2) is 24.3 Å². The number of amides is 2. The Labute approximate surface area is 120 Å². The summed E-state index contributed by atoms with van der Waals surface area (Å²) in [6.45, 7) is 3.50. The molecule has 19 heavy (non-hydrogen) atoms. The van der Waals surface area contributed by atoms with Gasteiger partial charge >= 0.3 is 0 Å². The number of halogens is 1. The Morgan fingerprint density at radius 3 is 2.37 bits per heavy atom. The molecule has 0 saturated heterocycles. The fourth-order valence-corrected chi connectivity index (χ4v) is 1.38. The van der Waals surface area contributed by atoms with Gasteiger partial charge in [0.15, 0.2) is 0 Å². The van der Waals surface area contributed by atoms with Gasteiger partial charge in [-0.15, -0.1) is 0 Å². The van der Waals surface area contributed by atoms with E-state index in [0.29, 0.717) is 11.4 Å². The lowest BCUT2D eigenvalue weighted by Crippen LogP contribution is -2.31. The van der Waals surface area contributed by atoms with Crippen LogP contribution >= 0.6 is 15.9 Å². The molecule has 0 aliphatic rings. The van der Waals surface area contributed by atoms with Crippen LogP contribution in [0.3, 0.4) is 0 Å². The van der Waals surface area contributed by atoms with E-state index < -0.39 is 4.32 Å². The van der Waals surface area contributed by atoms with E-state index in [1.54, 1.807) is 38.1 Å². The summed E-state index contributed by atoms with van der Waals surface area (Å²) in [4.78, 5) is 23.2. The average Bonchev–Trinajstić information content (AvgIpc) is 2.28. The van der Waals surface area contributed by atoms with Crippen molar-refractivity contribution < 1.29 is 14.3 Å². The van der Waals surface area contributed by atoms with Crippen molar-refractivity contribution in [2.75, 3.05) is 24.4 Å². The molecular formula is C13H17BrN2O3. The first kappa shape index (κ1) is 15.7. The minimum absolute atomic E-state index is 0.00891. The minimum Gasteiger partial charge on any atom is -0.375 e. The Hall–Kier alpha value is -1.40. The van der Waals surface area contributed by atoms with Gasteiger partial charge in [-0.25, -0.2) is 0 Å². The van der Waals surface area contributed by atoms with Gasteiger partial charge in [-0.3, -0.25) is 9.59 Å². The summed E-state index contributed by atoms with van der Waals surface area (Å²) < 4.78 is 4.08. The summed E-state index contributed by atoms with van der Waals surface area (Å²) in [6.07, 6.45) is 0. The van der Waals surface area contributed by atoms with Crippen LogP contribution in [0.4, 0.5) is 11.4 Å². The van der Waals surface area contributed by atoms with Gasteiger partial charge in [-0.2, -0.15) is 0 Å². The molecule has 0 atom stereocenters. The number of carbonyl (C=O) groups excluding carboxylic acids is 2. The van der Waals surface area contributed by atoms with E-state index in [1.165, 1.54) is 7.11 Å². The number of carbonyl (C=O) groups is 2. The number of alkyl halides is 1. The van der Waals surface area contributed by atoms with Crippen molar-refractivity contribution in [1.82, 2.24) is 0 Å². The summed E-state index contributed by atoms with van der Waals surface area (Å²) in [5.74, 6) is -0.403. The zero-order chi connectivity index (χ0) is 14.5. The molecule has 0 aliphatic heterocycles. The lowest BCUT2D eigenvalue weighted by molar-refractivity contribution is -0.119. The number of rotatable bonds is 5. The van der Waals surface area contributed by atoms with Crippen molar-refractivity contribution in [1.29, 1.82) is 0 Å². The van der Waals surface area contributed by atoms with Crippen molar-refractivity contribution in [3.63, 3.8) is 0 Å². The van der Waals surface area contributed by atoms with E-state index in [-0.39, 0.29) is 18.4 Å². The number of nitrogens with one attached hydrogen (secondary N) is 2. The molecule has 0 bridgehead atoms. The molecule has 6 heteroatoms. The van der Waals surface area contributed by atoms with E-state index in [4.69, 9.17) is 4.74 Å². The zero-order valence-electron chi connectivity index (χ0n) is 11.1. The smallest absolute Gasteiger partial charge is 0.250 e. The quantitative estimate of drug-likeness (QED) is 0.815. The highest BCUT2D eigenvalue weighted by Crippen LogP contribution is 2.20. The molecule has 0 heterocycles. The summed E-state index contributed by atoms with van der Waals surface area (Å²) in [5, 5.41) is 5.43. The van der Waals surface area contributed by atoms with Crippen LogP contribution in [-0.4, -0.2) is 29.9 Å². The van der Waals surface area contributed by atoms with Gasteiger partial charge in [0.05, 0.1) is 4.32 Å². The second kappa shape index (κ2) is 6.68. The number of methoxy groups -OCH3 is 1. The van der Waals surface area contributed by atoms with Crippen LogP contribution in [-0.2, 0) is 14.3 Å². The molecule has 0 radical (unpaired) electrons. The van der Waals surface area contributed by atoms with Gasteiger partial charge in [-0.05, 0) is 32.0 Å². The molecule has 1 aromatic carbocycles. The number of ether oxygens (including phenoxy) is 1. The highest BCUT2D eigenvalue weighted by Gasteiger charge is 2.23. The molecule has 0 aliphatic carbocycles. The minimum atomic E-state index is -0.650. The average molecular weight is 329 g/mol. The van der Waals surface area contributed by atoms with Gasteiger partial charge in [0, 0.05) is 18.5 Å². The van der Waals surface area contributed by atoms with Crippen LogP contribution in [0.5, 0.6) is 0 Å². The zero-order valence-corrected chi connectivity index (χ0v) is 12.7. The third kappa shape index (κ3) is 5.40. The molecule has 2 amide bonds. The summed E-state index contributed by atoms with van der Waals surface area (Å²) >= 11 is 3.28. The van der Waals surface area contributed by atoms with E-state index in [0.717, 1.165) is 0 Å². The molecule has 2 N–H and O–H groups in total. The Morgan fingerprint density at radius 1 is 1.26 bits per heavy atom. The predicted octanol–water partition coefficient (Wildman–Crippen LogP) is 2.38. The summed E-state index contributed by atoms with van der Waals surface area (Å²) in [5.41, 5.74) is 1.22. The Kier molecular flexibility index (Phi) is 5.50. The van der Waals surface area contributed by atoms with E-state index in [9.17, 15) is 9.59 Å². The lowest BCUT2D eigenvalue weighted by atomic mass is 10.2. The molecular weight excluding hydrogens is 312 g/mol. The van der Waals surface area contributed by atoms with Gasteiger partial charge in [0.25, 0.3) is 0 Å². The monoisotopic (exact) mass is 328 g/mol. The molecule has 0 saturated carbocycles. The van der Waals surface area contributed by atoms with Crippen molar-refractivity contribution in [3.05, 3.63) is 24.3 Å². The number of benzene rings is 1. The van der Waals surface area contributed by atoms with Crippen LogP contribution in [0.2, 0.25) is 0 Å². The predicted molar refractivity (Wildman–Crippen MR) is 78.6 cm³/mol. The summed E-state index contributed by atoms with van der Waals surface area (Å²) in [6, 6.07) is 6.93. The van der Waals surface area contributed by atoms with Gasteiger partial charge in [-0.1, -0.05) is 22.0 Å². The molecule has 104 valence electrons. The molecule has 1 aromatic rings. The normalized spacial score (nSPS) is 10.9. The van der Waals surface area contributed by atoms with Crippen LogP contribution < -0.4 is 10.6 Å². The molecule has 5 nitrogen and oxygen atoms in total. The van der Waals surface area contributed by atoms with Crippen molar-refractivity contribution in [3.8, 4) is 0 Å². The first-order valence-electron chi connectivity index (χ1n) is 5.72. The van der Waals surface area contributed by atoms with E-state index in [2.05, 4.69) is 26.6 Å². The molecule has 0 aromatic heterocycles. The first-order chi connectivity index (χ1) is 8.82. The lowest BCUT2D eigenvalue weighted by Gasteiger charge is -2.16. The fraction of sp³-hybridized carbons (Fsp3) is 0.385. The van der Waals surface area contributed by atoms with Gasteiger partial charge < -0.3 is 15.4 Å². The van der Waals surface area contributed by atoms with Crippen LogP contribution in [0.1, 0.15) is 13.8 Å². The molecule has 0 fully saturated rings. The highest BCUT2D eigenvalue weighted by molar-refractivity contribution is 9.10. The molecule has 1 rings (SSSR count). The molecule has 0 spiro atoms. The standard InChI is InChI=1S/C13H17BrN2O3/c1-13(2,14)12(18)16-10-6-4-5-9(7-10)15-11(17)8-19-3/h4-7H,8H2,1-3H3,(H,15,17)(H,16,18). The Morgan fingerprint density at radius 2 is 1.84 bits per heavy atom. The van der Waals surface area contributed by atoms with Crippen molar-refractivity contribution >= 4 is 39.1 Å². The third-order valence-electron chi connectivity index (χ3n) is 2.22. The topological polar surface area (TPSA) is 67.4 Å². The van der Waals surface area contributed by atoms with Gasteiger partial charge in [0.2, 0.25) is 11.8 Å². The maximum absolute atomic E-state index is 11.8. The first-order valence-corrected chi connectivity index (χ1v) is 6.51. The maximum atomic E-state index is 11.8. The maximum Gasteiger partial charge on any atom is 0.250 e. The summed E-state index contributed by atoms with van der Waals surface area (Å²) in [7, 11) is 1.45. The number of hydrogen-bond acceptors (Lipinski definition) is 3. The third-order valence-corrected chi connectivity index (χ3v) is 2.58. The number of anilines is 2. The Balaban J connectivity index is 2.72. The van der Waals surface area contributed by atoms with Gasteiger partial charge in [0.1, 0.15) is 6.61 Å². The van der Waals surface area contributed by atoms with Crippen molar-refractivity contribution in [2.24, 2.45) is 0 Å². The fourth-order valence-electron chi connectivity index (χ4n) is 1.28. The SMILES string of the molecule is COCC(=O)Nc1cccc(NC(=O)C(C)(C)Br)c1. The van der Waals surface area contributed by atoms with Crippen molar-refractivity contribution in [2.45, 2.75) is 18.2 Å². The second-order valence-corrected chi connectivity index (χ2v) is 6.47. The van der Waals surface area contributed by atoms with Crippen LogP contribution in [0.25, 0.3) is 0 Å². The second-order valence-electron chi connectivity index (χ2n) is 4.49. The number of hydrogen-bond donors (Lipinski definition) is 2. The largest absolute Gasteiger partial charge is 0.375 e. The van der Waals surface area contributed by atoms with E-state index in [1.807, 2.05) is 0 Å². The highest BCUT2D eigenvalue weighted by atomic mass is 79.9. The Bertz CT molecular complexity index is 469.